The highest BCUT2D eigenvalue weighted by Gasteiger charge is 2.26. The Balaban J connectivity index is 1.78. The first kappa shape index (κ1) is 13.2. The van der Waals surface area contributed by atoms with Gasteiger partial charge in [0.15, 0.2) is 0 Å². The van der Waals surface area contributed by atoms with Crippen LogP contribution >= 0.6 is 0 Å². The Hall–Kier alpha value is -1.80. The number of ether oxygens (including phenoxy) is 1. The summed E-state index contributed by atoms with van der Waals surface area (Å²) in [4.78, 5) is 0. The summed E-state index contributed by atoms with van der Waals surface area (Å²) in [6.07, 6.45) is 2.31. The predicted octanol–water partition coefficient (Wildman–Crippen LogP) is 4.25. The van der Waals surface area contributed by atoms with Gasteiger partial charge in [-0.2, -0.15) is 0 Å². The van der Waals surface area contributed by atoms with E-state index < -0.39 is 0 Å². The fraction of sp³-hybridized carbons (Fsp3) is 0.333. The maximum Gasteiger partial charge on any atom is 0.124 e. The van der Waals surface area contributed by atoms with Crippen molar-refractivity contribution in [2.24, 2.45) is 0 Å². The Labute approximate surface area is 120 Å². The second-order valence-corrected chi connectivity index (χ2v) is 5.32. The Kier molecular flexibility index (Phi) is 4.03. The quantitative estimate of drug-likeness (QED) is 0.874. The molecule has 2 heteroatoms. The van der Waals surface area contributed by atoms with Gasteiger partial charge in [0, 0.05) is 11.6 Å². The van der Waals surface area contributed by atoms with Crippen molar-refractivity contribution in [3.63, 3.8) is 0 Å². The molecule has 1 heterocycles. The summed E-state index contributed by atoms with van der Waals surface area (Å²) >= 11 is 0. The van der Waals surface area contributed by atoms with Crippen LogP contribution in [0.5, 0.6) is 5.75 Å². The smallest absolute Gasteiger partial charge is 0.124 e. The lowest BCUT2D eigenvalue weighted by Gasteiger charge is -2.22. The van der Waals surface area contributed by atoms with E-state index in [0.717, 1.165) is 18.8 Å². The fourth-order valence-electron chi connectivity index (χ4n) is 2.86. The second kappa shape index (κ2) is 6.10. The minimum Gasteiger partial charge on any atom is -0.491 e. The van der Waals surface area contributed by atoms with Crippen LogP contribution in [0.15, 0.2) is 54.6 Å². The van der Waals surface area contributed by atoms with E-state index in [1.165, 1.54) is 17.5 Å². The molecule has 3 rings (SSSR count). The van der Waals surface area contributed by atoms with Crippen LogP contribution in [0.25, 0.3) is 0 Å². The largest absolute Gasteiger partial charge is 0.491 e. The molecule has 1 aliphatic rings. The Morgan fingerprint density at radius 2 is 1.85 bits per heavy atom. The highest BCUT2D eigenvalue weighted by Crippen LogP contribution is 2.34. The van der Waals surface area contributed by atoms with Gasteiger partial charge < -0.3 is 10.1 Å². The Morgan fingerprint density at radius 3 is 2.65 bits per heavy atom. The monoisotopic (exact) mass is 267 g/mol. The molecule has 0 aliphatic carbocycles. The van der Waals surface area contributed by atoms with Gasteiger partial charge in [0.1, 0.15) is 12.4 Å². The van der Waals surface area contributed by atoms with E-state index in [4.69, 9.17) is 4.74 Å². The van der Waals surface area contributed by atoms with Crippen LogP contribution in [0.1, 0.15) is 43.0 Å². The molecule has 0 amide bonds. The van der Waals surface area contributed by atoms with Crippen LogP contribution < -0.4 is 10.1 Å². The first-order valence-corrected chi connectivity index (χ1v) is 7.41. The van der Waals surface area contributed by atoms with E-state index >= 15 is 0 Å². The van der Waals surface area contributed by atoms with Crippen LogP contribution in [0, 0.1) is 0 Å². The molecular weight excluding hydrogens is 246 g/mol. The molecule has 1 aliphatic heterocycles. The summed E-state index contributed by atoms with van der Waals surface area (Å²) in [5, 5.41) is 3.76. The van der Waals surface area contributed by atoms with Crippen molar-refractivity contribution in [3.05, 3.63) is 65.7 Å². The minimum absolute atomic E-state index is 0.294. The third kappa shape index (κ3) is 2.70. The van der Waals surface area contributed by atoms with Gasteiger partial charge in [-0.25, -0.2) is 0 Å². The van der Waals surface area contributed by atoms with Gasteiger partial charge in [0.05, 0.1) is 6.04 Å². The molecule has 0 aromatic heterocycles. The normalized spacial score (nSPS) is 18.4. The van der Waals surface area contributed by atoms with Crippen molar-refractivity contribution in [2.75, 3.05) is 6.61 Å². The van der Waals surface area contributed by atoms with Crippen molar-refractivity contribution in [1.29, 1.82) is 0 Å². The highest BCUT2D eigenvalue weighted by atomic mass is 16.5. The van der Waals surface area contributed by atoms with E-state index in [2.05, 4.69) is 54.7 Å². The van der Waals surface area contributed by atoms with Gasteiger partial charge in [-0.15, -0.1) is 0 Å². The van der Waals surface area contributed by atoms with Crippen LogP contribution in [0.4, 0.5) is 0 Å². The van der Waals surface area contributed by atoms with Crippen molar-refractivity contribution in [1.82, 2.24) is 5.32 Å². The van der Waals surface area contributed by atoms with Crippen LogP contribution in [0.2, 0.25) is 0 Å². The van der Waals surface area contributed by atoms with Crippen molar-refractivity contribution in [2.45, 2.75) is 31.8 Å². The maximum atomic E-state index is 5.76. The molecule has 2 aromatic rings. The molecule has 0 saturated carbocycles. The molecule has 0 bridgehead atoms. The summed E-state index contributed by atoms with van der Waals surface area (Å²) in [5.74, 6) is 1.02. The summed E-state index contributed by atoms with van der Waals surface area (Å²) in [7, 11) is 0. The number of nitrogens with one attached hydrogen (secondary N) is 1. The average Bonchev–Trinajstić information content (AvgIpc) is 2.91. The molecule has 0 saturated heterocycles. The third-order valence-corrected chi connectivity index (χ3v) is 3.88. The fourth-order valence-corrected chi connectivity index (χ4v) is 2.86. The van der Waals surface area contributed by atoms with Gasteiger partial charge >= 0.3 is 0 Å². The first-order chi connectivity index (χ1) is 9.88. The number of rotatable bonds is 5. The van der Waals surface area contributed by atoms with Crippen molar-refractivity contribution in [3.8, 4) is 5.75 Å². The van der Waals surface area contributed by atoms with Gasteiger partial charge in [-0.1, -0.05) is 61.9 Å². The van der Waals surface area contributed by atoms with E-state index in [9.17, 15) is 0 Å². The second-order valence-electron chi connectivity index (χ2n) is 5.32. The number of fused-ring (bicyclic) bond motifs is 1. The van der Waals surface area contributed by atoms with Gasteiger partial charge in [0.2, 0.25) is 0 Å². The number of para-hydroxylation sites is 1. The summed E-state index contributed by atoms with van der Waals surface area (Å²) in [6.45, 7) is 2.96. The SMILES string of the molecule is CCCC(NC1COc2ccccc21)c1ccccc1. The summed E-state index contributed by atoms with van der Waals surface area (Å²) in [6, 6.07) is 19.7. The molecule has 2 atom stereocenters. The molecule has 104 valence electrons. The molecule has 0 radical (unpaired) electrons. The van der Waals surface area contributed by atoms with Gasteiger partial charge in [0.25, 0.3) is 0 Å². The molecule has 1 N–H and O–H groups in total. The highest BCUT2D eigenvalue weighted by molar-refractivity contribution is 5.39. The lowest BCUT2D eigenvalue weighted by molar-refractivity contribution is 0.293. The molecular formula is C18H21NO. The Morgan fingerprint density at radius 1 is 1.10 bits per heavy atom. The van der Waals surface area contributed by atoms with Crippen LogP contribution in [-0.2, 0) is 0 Å². The van der Waals surface area contributed by atoms with Gasteiger partial charge in [-0.05, 0) is 18.1 Å². The zero-order valence-electron chi connectivity index (χ0n) is 11.9. The summed E-state index contributed by atoms with van der Waals surface area (Å²) in [5.41, 5.74) is 2.64. The third-order valence-electron chi connectivity index (χ3n) is 3.88. The molecule has 2 aromatic carbocycles. The molecule has 20 heavy (non-hydrogen) atoms. The predicted molar refractivity (Wildman–Crippen MR) is 81.9 cm³/mol. The van der Waals surface area contributed by atoms with E-state index in [-0.39, 0.29) is 0 Å². The van der Waals surface area contributed by atoms with E-state index in [1.807, 2.05) is 12.1 Å². The van der Waals surface area contributed by atoms with E-state index in [1.54, 1.807) is 0 Å². The Bertz CT molecular complexity index is 552. The zero-order chi connectivity index (χ0) is 13.8. The van der Waals surface area contributed by atoms with Crippen LogP contribution in [-0.4, -0.2) is 6.61 Å². The minimum atomic E-state index is 0.294. The van der Waals surface area contributed by atoms with Crippen molar-refractivity contribution >= 4 is 0 Å². The van der Waals surface area contributed by atoms with Crippen LogP contribution in [0.3, 0.4) is 0 Å². The summed E-state index contributed by atoms with van der Waals surface area (Å²) < 4.78 is 5.76. The number of benzene rings is 2. The van der Waals surface area contributed by atoms with Crippen molar-refractivity contribution < 1.29 is 4.74 Å². The average molecular weight is 267 g/mol. The molecule has 2 nitrogen and oxygen atoms in total. The maximum absolute atomic E-state index is 5.76. The zero-order valence-corrected chi connectivity index (χ0v) is 11.9. The molecule has 0 spiro atoms. The van der Waals surface area contributed by atoms with E-state index in [0.29, 0.717) is 12.1 Å². The molecule has 0 fully saturated rings. The standard InChI is InChI=1S/C18H21NO/c1-2-8-16(14-9-4-3-5-10-14)19-17-13-20-18-12-7-6-11-15(17)18/h3-7,9-12,16-17,19H,2,8,13H2,1H3. The number of hydrogen-bond donors (Lipinski definition) is 1. The first-order valence-electron chi connectivity index (χ1n) is 7.41. The topological polar surface area (TPSA) is 21.3 Å². The molecule has 2 unspecified atom stereocenters. The van der Waals surface area contributed by atoms with Gasteiger partial charge in [-0.3, -0.25) is 0 Å². The lowest BCUT2D eigenvalue weighted by atomic mass is 10.00. The lowest BCUT2D eigenvalue weighted by Crippen LogP contribution is -2.27. The number of hydrogen-bond acceptors (Lipinski definition) is 2.